The molecule has 0 fully saturated rings. The van der Waals surface area contributed by atoms with Crippen LogP contribution in [0.25, 0.3) is 0 Å². The molecule has 5 heteroatoms. The minimum absolute atomic E-state index is 0.511. The van der Waals surface area contributed by atoms with Gasteiger partial charge in [-0.1, -0.05) is 0 Å². The van der Waals surface area contributed by atoms with Crippen molar-refractivity contribution >= 4 is 23.3 Å². The monoisotopic (exact) mass is 241 g/mol. The number of nitrogens with one attached hydrogen (secondary N) is 1. The summed E-state index contributed by atoms with van der Waals surface area (Å²) in [7, 11) is 0. The van der Waals surface area contributed by atoms with Gasteiger partial charge in [0, 0.05) is 6.54 Å². The molecule has 0 aromatic carbocycles. The largest absolute Gasteiger partial charge is 0.476 e. The predicted molar refractivity (Wildman–Crippen MR) is 71.3 cm³/mol. The van der Waals surface area contributed by atoms with Gasteiger partial charge < -0.3 is 15.8 Å². The highest BCUT2D eigenvalue weighted by atomic mass is 32.2. The number of thioether (sulfide) groups is 1. The summed E-state index contributed by atoms with van der Waals surface area (Å²) in [5.41, 5.74) is 6.31. The number of aromatic nitrogens is 1. The first-order chi connectivity index (χ1) is 7.77. The summed E-state index contributed by atoms with van der Waals surface area (Å²) in [5, 5.41) is 3.25. The van der Waals surface area contributed by atoms with Crippen molar-refractivity contribution < 1.29 is 4.74 Å². The Kier molecular flexibility index (Phi) is 5.85. The Morgan fingerprint density at radius 3 is 3.00 bits per heavy atom. The number of nitrogens with zero attached hydrogens (tertiary/aromatic N) is 1. The van der Waals surface area contributed by atoms with Crippen molar-refractivity contribution in [3.63, 3.8) is 0 Å². The Morgan fingerprint density at radius 2 is 2.31 bits per heavy atom. The Morgan fingerprint density at radius 1 is 1.50 bits per heavy atom. The van der Waals surface area contributed by atoms with E-state index in [2.05, 4.69) is 16.6 Å². The Bertz CT molecular complexity index is 320. The van der Waals surface area contributed by atoms with E-state index in [4.69, 9.17) is 10.5 Å². The molecule has 1 heterocycles. The van der Waals surface area contributed by atoms with Gasteiger partial charge in [-0.3, -0.25) is 0 Å². The van der Waals surface area contributed by atoms with Crippen molar-refractivity contribution in [3.05, 3.63) is 12.1 Å². The second-order valence-corrected chi connectivity index (χ2v) is 4.28. The van der Waals surface area contributed by atoms with E-state index in [0.29, 0.717) is 18.2 Å². The lowest BCUT2D eigenvalue weighted by Crippen LogP contribution is -2.06. The number of ether oxygens (including phenoxy) is 1. The van der Waals surface area contributed by atoms with E-state index in [1.165, 1.54) is 0 Å². The quantitative estimate of drug-likeness (QED) is 0.717. The van der Waals surface area contributed by atoms with Gasteiger partial charge in [-0.05, 0) is 37.5 Å². The topological polar surface area (TPSA) is 60.2 Å². The predicted octanol–water partition coefficient (Wildman–Crippen LogP) is 2.23. The Balaban J connectivity index is 2.50. The second-order valence-electron chi connectivity index (χ2n) is 3.30. The summed E-state index contributed by atoms with van der Waals surface area (Å²) in [6.07, 6.45) is 3.23. The van der Waals surface area contributed by atoms with Gasteiger partial charge in [0.15, 0.2) is 0 Å². The van der Waals surface area contributed by atoms with E-state index in [1.807, 2.05) is 30.8 Å². The van der Waals surface area contributed by atoms with Gasteiger partial charge in [0.2, 0.25) is 5.88 Å². The third kappa shape index (κ3) is 4.18. The van der Waals surface area contributed by atoms with Crippen LogP contribution in [-0.2, 0) is 0 Å². The van der Waals surface area contributed by atoms with Crippen molar-refractivity contribution in [2.24, 2.45) is 0 Å². The van der Waals surface area contributed by atoms with Crippen LogP contribution in [0.2, 0.25) is 0 Å². The molecule has 1 aromatic rings. The smallest absolute Gasteiger partial charge is 0.239 e. The van der Waals surface area contributed by atoms with Crippen molar-refractivity contribution in [1.82, 2.24) is 4.98 Å². The third-order valence-corrected chi connectivity index (χ3v) is 2.70. The second kappa shape index (κ2) is 7.22. The summed E-state index contributed by atoms with van der Waals surface area (Å²) < 4.78 is 5.32. The standard InChI is InChI=1S/C11H19N3OS/c1-3-15-11-9(12)5-6-10(14-11)13-7-4-8-16-2/h5-6H,3-4,7-8,12H2,1-2H3,(H,13,14). The van der Waals surface area contributed by atoms with Gasteiger partial charge in [0.25, 0.3) is 0 Å². The molecule has 1 rings (SSSR count). The number of rotatable bonds is 7. The highest BCUT2D eigenvalue weighted by Crippen LogP contribution is 2.20. The molecule has 1 aromatic heterocycles. The molecule has 16 heavy (non-hydrogen) atoms. The lowest BCUT2D eigenvalue weighted by atomic mass is 10.4. The molecule has 0 saturated heterocycles. The molecule has 0 bridgehead atoms. The molecule has 0 radical (unpaired) electrons. The first-order valence-corrected chi connectivity index (χ1v) is 6.79. The zero-order chi connectivity index (χ0) is 11.8. The van der Waals surface area contributed by atoms with E-state index in [1.54, 1.807) is 0 Å². The Hall–Kier alpha value is -1.10. The zero-order valence-electron chi connectivity index (χ0n) is 9.82. The Labute approximate surface area is 101 Å². The van der Waals surface area contributed by atoms with Crippen LogP contribution in [0.1, 0.15) is 13.3 Å². The summed E-state index contributed by atoms with van der Waals surface area (Å²) in [4.78, 5) is 4.29. The number of hydrogen-bond donors (Lipinski definition) is 2. The molecular formula is C11H19N3OS. The number of nitrogens with two attached hydrogens (primary N) is 1. The van der Waals surface area contributed by atoms with E-state index >= 15 is 0 Å². The number of hydrogen-bond acceptors (Lipinski definition) is 5. The maximum atomic E-state index is 5.73. The van der Waals surface area contributed by atoms with Crippen LogP contribution in [-0.4, -0.2) is 30.1 Å². The fourth-order valence-corrected chi connectivity index (χ4v) is 1.67. The maximum Gasteiger partial charge on any atom is 0.239 e. The van der Waals surface area contributed by atoms with Gasteiger partial charge in [-0.25, -0.2) is 0 Å². The minimum Gasteiger partial charge on any atom is -0.476 e. The maximum absolute atomic E-state index is 5.73. The third-order valence-electron chi connectivity index (χ3n) is 2.00. The van der Waals surface area contributed by atoms with Gasteiger partial charge >= 0.3 is 0 Å². The summed E-state index contributed by atoms with van der Waals surface area (Å²) in [6.45, 7) is 3.41. The SMILES string of the molecule is CCOc1nc(NCCCSC)ccc1N. The molecule has 3 N–H and O–H groups in total. The van der Waals surface area contributed by atoms with Crippen LogP contribution < -0.4 is 15.8 Å². The van der Waals surface area contributed by atoms with Crippen LogP contribution in [0.5, 0.6) is 5.88 Å². The van der Waals surface area contributed by atoms with E-state index in [0.717, 1.165) is 24.5 Å². The zero-order valence-corrected chi connectivity index (χ0v) is 10.6. The van der Waals surface area contributed by atoms with Gasteiger partial charge in [0.1, 0.15) is 5.82 Å². The fraction of sp³-hybridized carbons (Fsp3) is 0.545. The normalized spacial score (nSPS) is 10.1. The van der Waals surface area contributed by atoms with Gasteiger partial charge in [0.05, 0.1) is 12.3 Å². The summed E-state index contributed by atoms with van der Waals surface area (Å²) in [5.74, 6) is 2.48. The van der Waals surface area contributed by atoms with Crippen molar-refractivity contribution in [2.75, 3.05) is 36.2 Å². The highest BCUT2D eigenvalue weighted by Gasteiger charge is 2.02. The van der Waals surface area contributed by atoms with Gasteiger partial charge in [-0.2, -0.15) is 16.7 Å². The van der Waals surface area contributed by atoms with Crippen molar-refractivity contribution in [1.29, 1.82) is 0 Å². The van der Waals surface area contributed by atoms with Crippen molar-refractivity contribution in [2.45, 2.75) is 13.3 Å². The highest BCUT2D eigenvalue weighted by molar-refractivity contribution is 7.98. The molecule has 0 aliphatic heterocycles. The molecule has 0 spiro atoms. The van der Waals surface area contributed by atoms with Crippen LogP contribution in [0.4, 0.5) is 11.5 Å². The molecule has 4 nitrogen and oxygen atoms in total. The number of anilines is 2. The summed E-state index contributed by atoms with van der Waals surface area (Å²) in [6, 6.07) is 3.69. The van der Waals surface area contributed by atoms with E-state index < -0.39 is 0 Å². The molecule has 90 valence electrons. The van der Waals surface area contributed by atoms with Gasteiger partial charge in [-0.15, -0.1) is 0 Å². The average molecular weight is 241 g/mol. The first kappa shape index (κ1) is 13.0. The molecule has 0 atom stereocenters. The minimum atomic E-state index is 0.511. The molecule has 0 aliphatic carbocycles. The lowest BCUT2D eigenvalue weighted by Gasteiger charge is -2.09. The lowest BCUT2D eigenvalue weighted by molar-refractivity contribution is 0.329. The molecule has 0 saturated carbocycles. The summed E-state index contributed by atoms with van der Waals surface area (Å²) >= 11 is 1.85. The van der Waals surface area contributed by atoms with Crippen molar-refractivity contribution in [3.8, 4) is 5.88 Å². The van der Waals surface area contributed by atoms with Crippen LogP contribution in [0.15, 0.2) is 12.1 Å². The van der Waals surface area contributed by atoms with E-state index in [9.17, 15) is 0 Å². The average Bonchev–Trinajstić information content (AvgIpc) is 2.29. The van der Waals surface area contributed by atoms with Crippen LogP contribution >= 0.6 is 11.8 Å². The number of nitrogen functional groups attached to an aromatic ring is 1. The molecule has 0 amide bonds. The molecular weight excluding hydrogens is 222 g/mol. The molecule has 0 aliphatic rings. The van der Waals surface area contributed by atoms with Crippen LogP contribution in [0, 0.1) is 0 Å². The fourth-order valence-electron chi connectivity index (χ4n) is 1.23. The molecule has 0 unspecified atom stereocenters. The first-order valence-electron chi connectivity index (χ1n) is 5.40. The van der Waals surface area contributed by atoms with E-state index in [-0.39, 0.29) is 0 Å². The number of pyridine rings is 1. The van der Waals surface area contributed by atoms with Crippen LogP contribution in [0.3, 0.4) is 0 Å².